The minimum absolute atomic E-state index is 0.113. The van der Waals surface area contributed by atoms with Crippen molar-refractivity contribution in [1.82, 2.24) is 10.3 Å². The van der Waals surface area contributed by atoms with Gasteiger partial charge in [0.05, 0.1) is 6.04 Å². The Labute approximate surface area is 104 Å². The number of nitrogens with zero attached hydrogens (tertiary/aromatic N) is 3. The first kappa shape index (κ1) is 13.4. The van der Waals surface area contributed by atoms with Gasteiger partial charge in [-0.15, -0.1) is 0 Å². The summed E-state index contributed by atoms with van der Waals surface area (Å²) < 4.78 is 0. The van der Waals surface area contributed by atoms with Crippen molar-refractivity contribution < 1.29 is 4.92 Å². The van der Waals surface area contributed by atoms with Crippen LogP contribution in [0, 0.1) is 10.1 Å². The normalized spacial score (nSPS) is 13.2. The van der Waals surface area contributed by atoms with Crippen LogP contribution in [0.2, 0.25) is 5.15 Å². The number of aliphatic imine (C=N–C) groups is 1. The van der Waals surface area contributed by atoms with Gasteiger partial charge in [-0.2, -0.15) is 0 Å². The molecule has 0 amide bonds. The van der Waals surface area contributed by atoms with E-state index in [1.807, 2.05) is 13.0 Å². The van der Waals surface area contributed by atoms with E-state index < -0.39 is 4.92 Å². The Morgan fingerprint density at radius 1 is 1.71 bits per heavy atom. The van der Waals surface area contributed by atoms with E-state index in [1.165, 1.54) is 7.05 Å². The van der Waals surface area contributed by atoms with E-state index in [-0.39, 0.29) is 12.6 Å². The second-order valence-corrected chi connectivity index (χ2v) is 3.83. The standard InChI is InChI=1S/C10H13ClN4O2/c1-7(8-3-4-9(11)13-5-8)14-10(12-2)6-15(16)17/h3-5,7H,6H2,1-2H3,(H,12,14). The highest BCUT2D eigenvalue weighted by Crippen LogP contribution is 2.13. The second kappa shape index (κ2) is 6.15. The van der Waals surface area contributed by atoms with Gasteiger partial charge in [0.15, 0.2) is 5.84 Å². The van der Waals surface area contributed by atoms with E-state index in [0.717, 1.165) is 5.56 Å². The van der Waals surface area contributed by atoms with Crippen molar-refractivity contribution in [2.75, 3.05) is 13.6 Å². The molecule has 1 atom stereocenters. The molecule has 6 nitrogen and oxygen atoms in total. The first-order valence-corrected chi connectivity index (χ1v) is 5.36. The summed E-state index contributed by atoms with van der Waals surface area (Å²) >= 11 is 5.67. The maximum absolute atomic E-state index is 10.4. The van der Waals surface area contributed by atoms with Crippen molar-refractivity contribution in [2.45, 2.75) is 13.0 Å². The molecule has 17 heavy (non-hydrogen) atoms. The van der Waals surface area contributed by atoms with Crippen LogP contribution in [0.4, 0.5) is 0 Å². The summed E-state index contributed by atoms with van der Waals surface area (Å²) in [7, 11) is 1.51. The minimum Gasteiger partial charge on any atom is -0.362 e. The summed E-state index contributed by atoms with van der Waals surface area (Å²) in [5.74, 6) is 0.331. The van der Waals surface area contributed by atoms with Gasteiger partial charge < -0.3 is 5.32 Å². The first-order chi connectivity index (χ1) is 8.02. The van der Waals surface area contributed by atoms with Crippen LogP contribution >= 0.6 is 11.6 Å². The maximum atomic E-state index is 10.4. The zero-order valence-electron chi connectivity index (χ0n) is 9.55. The fourth-order valence-corrected chi connectivity index (χ4v) is 1.39. The van der Waals surface area contributed by atoms with E-state index in [0.29, 0.717) is 11.0 Å². The molecule has 7 heteroatoms. The zero-order valence-corrected chi connectivity index (χ0v) is 10.3. The molecule has 92 valence electrons. The van der Waals surface area contributed by atoms with E-state index >= 15 is 0 Å². The minimum atomic E-state index is -0.428. The lowest BCUT2D eigenvalue weighted by atomic mass is 10.1. The van der Waals surface area contributed by atoms with Crippen molar-refractivity contribution in [1.29, 1.82) is 0 Å². The number of nitro groups is 1. The summed E-state index contributed by atoms with van der Waals surface area (Å²) in [4.78, 5) is 17.7. The summed E-state index contributed by atoms with van der Waals surface area (Å²) in [6.45, 7) is 1.55. The molecule has 0 spiro atoms. The third kappa shape index (κ3) is 4.36. The van der Waals surface area contributed by atoms with E-state index in [4.69, 9.17) is 11.6 Å². The van der Waals surface area contributed by atoms with Gasteiger partial charge in [0, 0.05) is 18.2 Å². The quantitative estimate of drug-likeness (QED) is 0.292. The Morgan fingerprint density at radius 3 is 2.88 bits per heavy atom. The van der Waals surface area contributed by atoms with Crippen molar-refractivity contribution in [3.63, 3.8) is 0 Å². The number of rotatable bonds is 4. The monoisotopic (exact) mass is 256 g/mol. The topological polar surface area (TPSA) is 80.4 Å². The number of amidine groups is 1. The molecule has 1 aromatic heterocycles. The molecule has 0 saturated carbocycles. The molecule has 1 aromatic rings. The van der Waals surface area contributed by atoms with Crippen LogP contribution in [0.15, 0.2) is 23.3 Å². The van der Waals surface area contributed by atoms with Crippen molar-refractivity contribution in [3.8, 4) is 0 Å². The number of nitrogens with one attached hydrogen (secondary N) is 1. The van der Waals surface area contributed by atoms with Crippen molar-refractivity contribution in [3.05, 3.63) is 39.2 Å². The highest BCUT2D eigenvalue weighted by atomic mass is 35.5. The van der Waals surface area contributed by atoms with Gasteiger partial charge in [0.1, 0.15) is 5.15 Å². The Hall–Kier alpha value is -1.69. The smallest absolute Gasteiger partial charge is 0.259 e. The van der Waals surface area contributed by atoms with Crippen LogP contribution in [-0.2, 0) is 0 Å². The predicted octanol–water partition coefficient (Wildman–Crippen LogP) is 1.69. The second-order valence-electron chi connectivity index (χ2n) is 3.44. The van der Waals surface area contributed by atoms with Crippen LogP contribution < -0.4 is 5.32 Å². The molecule has 0 aliphatic heterocycles. The highest BCUT2D eigenvalue weighted by Gasteiger charge is 2.12. The number of halogens is 1. The molecule has 0 bridgehead atoms. The number of hydrogen-bond donors (Lipinski definition) is 1. The summed E-state index contributed by atoms with van der Waals surface area (Å²) in [5, 5.41) is 13.8. The SMILES string of the molecule is CN=C(C[N+](=O)[O-])NC(C)c1ccc(Cl)nc1. The van der Waals surface area contributed by atoms with Crippen LogP contribution in [0.1, 0.15) is 18.5 Å². The van der Waals surface area contributed by atoms with E-state index in [2.05, 4.69) is 15.3 Å². The average Bonchev–Trinajstić information content (AvgIpc) is 2.28. The first-order valence-electron chi connectivity index (χ1n) is 4.98. The van der Waals surface area contributed by atoms with Crippen LogP contribution in [-0.4, -0.2) is 29.3 Å². The van der Waals surface area contributed by atoms with Gasteiger partial charge in [0.25, 0.3) is 6.54 Å². The lowest BCUT2D eigenvalue weighted by Gasteiger charge is -2.14. The zero-order chi connectivity index (χ0) is 12.8. The molecule has 1 heterocycles. The van der Waals surface area contributed by atoms with Crippen LogP contribution in [0.25, 0.3) is 0 Å². The van der Waals surface area contributed by atoms with Crippen LogP contribution in [0.5, 0.6) is 0 Å². The van der Waals surface area contributed by atoms with Crippen LogP contribution in [0.3, 0.4) is 0 Å². The molecule has 0 aromatic carbocycles. The Bertz CT molecular complexity index is 419. The molecule has 1 rings (SSSR count). The number of aromatic nitrogens is 1. The molecule has 0 radical (unpaired) electrons. The van der Waals surface area contributed by atoms with Gasteiger partial charge in [0.2, 0.25) is 0 Å². The summed E-state index contributed by atoms with van der Waals surface area (Å²) in [6.07, 6.45) is 1.62. The van der Waals surface area contributed by atoms with Gasteiger partial charge in [-0.1, -0.05) is 17.7 Å². The molecule has 0 aliphatic carbocycles. The Kier molecular flexibility index (Phi) is 4.84. The lowest BCUT2D eigenvalue weighted by molar-refractivity contribution is -0.463. The molecular formula is C10H13ClN4O2. The van der Waals surface area contributed by atoms with Gasteiger partial charge in [-0.25, -0.2) is 4.98 Å². The van der Waals surface area contributed by atoms with Gasteiger partial charge in [-0.05, 0) is 18.6 Å². The summed E-state index contributed by atoms with van der Waals surface area (Å²) in [5.41, 5.74) is 0.888. The average molecular weight is 257 g/mol. The predicted molar refractivity (Wildman–Crippen MR) is 66.0 cm³/mol. The van der Waals surface area contributed by atoms with Gasteiger partial charge >= 0.3 is 0 Å². The Balaban J connectivity index is 2.67. The maximum Gasteiger partial charge on any atom is 0.259 e. The molecule has 0 saturated heterocycles. The molecular weight excluding hydrogens is 244 g/mol. The van der Waals surface area contributed by atoms with E-state index in [9.17, 15) is 10.1 Å². The lowest BCUT2D eigenvalue weighted by Crippen LogP contribution is -2.32. The fraction of sp³-hybridized carbons (Fsp3) is 0.400. The van der Waals surface area contributed by atoms with Crippen molar-refractivity contribution >= 4 is 17.4 Å². The molecule has 0 fully saturated rings. The summed E-state index contributed by atoms with van der Waals surface area (Å²) in [6, 6.07) is 3.37. The largest absolute Gasteiger partial charge is 0.362 e. The highest BCUT2D eigenvalue weighted by molar-refractivity contribution is 6.29. The number of pyridine rings is 1. The van der Waals surface area contributed by atoms with E-state index in [1.54, 1.807) is 12.3 Å². The van der Waals surface area contributed by atoms with Crippen molar-refractivity contribution in [2.24, 2.45) is 4.99 Å². The molecule has 0 aliphatic rings. The fourth-order valence-electron chi connectivity index (χ4n) is 1.28. The van der Waals surface area contributed by atoms with Gasteiger partial charge in [-0.3, -0.25) is 15.1 Å². The third-order valence-electron chi connectivity index (χ3n) is 2.18. The third-order valence-corrected chi connectivity index (χ3v) is 2.41. The molecule has 1 N–H and O–H groups in total. The Morgan fingerprint density at radius 2 is 2.41 bits per heavy atom. The number of hydrogen-bond acceptors (Lipinski definition) is 4. The molecule has 1 unspecified atom stereocenters.